The highest BCUT2D eigenvalue weighted by atomic mass is 16.5. The summed E-state index contributed by atoms with van der Waals surface area (Å²) in [7, 11) is 0. The van der Waals surface area contributed by atoms with Gasteiger partial charge in [0.05, 0.1) is 18.3 Å². The van der Waals surface area contributed by atoms with Crippen LogP contribution < -0.4 is 5.32 Å². The van der Waals surface area contributed by atoms with Crippen LogP contribution in [0.15, 0.2) is 6.20 Å². The topological polar surface area (TPSA) is 39.1 Å². The Kier molecular flexibility index (Phi) is 3.96. The van der Waals surface area contributed by atoms with Crippen molar-refractivity contribution in [3.05, 3.63) is 17.7 Å². The maximum Gasteiger partial charge on any atom is 0.128 e. The number of nitrogens with zero attached hydrogens (tertiary/aromatic N) is 2. The van der Waals surface area contributed by atoms with Gasteiger partial charge in [-0.1, -0.05) is 6.92 Å². The molecule has 1 atom stereocenters. The number of imidazole rings is 1. The van der Waals surface area contributed by atoms with Crippen LogP contribution in [-0.2, 0) is 17.7 Å². The summed E-state index contributed by atoms with van der Waals surface area (Å²) < 4.78 is 7.79. The lowest BCUT2D eigenvalue weighted by Crippen LogP contribution is -2.26. The molecule has 1 aliphatic heterocycles. The Morgan fingerprint density at radius 1 is 1.56 bits per heavy atom. The second-order valence-electron chi connectivity index (χ2n) is 4.16. The van der Waals surface area contributed by atoms with E-state index < -0.39 is 0 Å². The molecule has 0 aliphatic carbocycles. The van der Waals surface area contributed by atoms with Crippen molar-refractivity contribution in [2.75, 3.05) is 19.8 Å². The van der Waals surface area contributed by atoms with Gasteiger partial charge in [0, 0.05) is 19.3 Å². The summed E-state index contributed by atoms with van der Waals surface area (Å²) in [6.45, 7) is 7.77. The molecule has 90 valence electrons. The molecule has 0 aromatic carbocycles. The average Bonchev–Trinajstić information content (AvgIpc) is 2.63. The molecule has 1 aromatic rings. The van der Waals surface area contributed by atoms with Crippen molar-refractivity contribution in [3.8, 4) is 0 Å². The summed E-state index contributed by atoms with van der Waals surface area (Å²) in [5, 5.41) is 3.50. The highest BCUT2D eigenvalue weighted by Crippen LogP contribution is 2.17. The van der Waals surface area contributed by atoms with Crippen LogP contribution in [0, 0.1) is 0 Å². The minimum atomic E-state index is 0.253. The van der Waals surface area contributed by atoms with Crippen LogP contribution >= 0.6 is 0 Å². The maximum absolute atomic E-state index is 5.51. The fourth-order valence-electron chi connectivity index (χ4n) is 2.10. The summed E-state index contributed by atoms with van der Waals surface area (Å²) in [6, 6.07) is 0.253. The Morgan fingerprint density at radius 3 is 3.19 bits per heavy atom. The first-order valence-electron chi connectivity index (χ1n) is 6.22. The van der Waals surface area contributed by atoms with Gasteiger partial charge in [0.1, 0.15) is 5.82 Å². The fourth-order valence-corrected chi connectivity index (χ4v) is 2.10. The van der Waals surface area contributed by atoms with Gasteiger partial charge in [-0.05, 0) is 26.3 Å². The van der Waals surface area contributed by atoms with Crippen molar-refractivity contribution in [1.29, 1.82) is 0 Å². The molecule has 0 saturated carbocycles. The van der Waals surface area contributed by atoms with Crippen LogP contribution in [-0.4, -0.2) is 29.3 Å². The monoisotopic (exact) mass is 223 g/mol. The fraction of sp³-hybridized carbons (Fsp3) is 0.750. The van der Waals surface area contributed by atoms with Gasteiger partial charge in [0.15, 0.2) is 0 Å². The van der Waals surface area contributed by atoms with Crippen molar-refractivity contribution in [1.82, 2.24) is 14.9 Å². The Morgan fingerprint density at radius 2 is 2.44 bits per heavy atom. The van der Waals surface area contributed by atoms with E-state index in [0.29, 0.717) is 0 Å². The molecule has 2 rings (SSSR count). The number of nitrogens with one attached hydrogen (secondary N) is 1. The first-order chi connectivity index (χ1) is 7.85. The first kappa shape index (κ1) is 11.6. The van der Waals surface area contributed by atoms with E-state index in [4.69, 9.17) is 4.74 Å². The number of fused-ring (bicyclic) bond motifs is 1. The molecule has 0 saturated heterocycles. The second-order valence-corrected chi connectivity index (χ2v) is 4.16. The molecule has 0 spiro atoms. The molecule has 0 radical (unpaired) electrons. The molecule has 0 amide bonds. The molecule has 1 aromatic heterocycles. The molecule has 4 nitrogen and oxygen atoms in total. The van der Waals surface area contributed by atoms with Gasteiger partial charge in [0.25, 0.3) is 0 Å². The third kappa shape index (κ3) is 2.44. The number of rotatable bonds is 4. The summed E-state index contributed by atoms with van der Waals surface area (Å²) in [5.74, 6) is 1.14. The van der Waals surface area contributed by atoms with Crippen LogP contribution in [0.4, 0.5) is 0 Å². The Bertz CT molecular complexity index is 335. The number of hydrogen-bond acceptors (Lipinski definition) is 3. The molecule has 0 unspecified atom stereocenters. The van der Waals surface area contributed by atoms with Crippen LogP contribution in [0.25, 0.3) is 0 Å². The SMILES string of the molecule is CCOC[C@@H]1NCCCn2cc(CC)nc21. The zero-order valence-electron chi connectivity index (χ0n) is 10.2. The molecular formula is C12H21N3O. The zero-order chi connectivity index (χ0) is 11.4. The molecule has 4 heteroatoms. The number of hydrogen-bond donors (Lipinski definition) is 1. The lowest BCUT2D eigenvalue weighted by Gasteiger charge is -2.15. The Labute approximate surface area is 97.0 Å². The minimum Gasteiger partial charge on any atom is -0.380 e. The largest absolute Gasteiger partial charge is 0.380 e. The highest BCUT2D eigenvalue weighted by Gasteiger charge is 2.20. The van der Waals surface area contributed by atoms with Gasteiger partial charge < -0.3 is 14.6 Å². The van der Waals surface area contributed by atoms with E-state index in [0.717, 1.165) is 45.0 Å². The highest BCUT2D eigenvalue weighted by molar-refractivity contribution is 5.09. The Hall–Kier alpha value is -0.870. The molecule has 16 heavy (non-hydrogen) atoms. The van der Waals surface area contributed by atoms with Crippen molar-refractivity contribution < 1.29 is 4.74 Å². The quantitative estimate of drug-likeness (QED) is 0.841. The van der Waals surface area contributed by atoms with E-state index in [1.165, 1.54) is 5.69 Å². The van der Waals surface area contributed by atoms with Gasteiger partial charge in [-0.3, -0.25) is 0 Å². The van der Waals surface area contributed by atoms with Gasteiger partial charge in [-0.2, -0.15) is 0 Å². The van der Waals surface area contributed by atoms with Crippen molar-refractivity contribution in [2.45, 2.75) is 39.3 Å². The van der Waals surface area contributed by atoms with Gasteiger partial charge >= 0.3 is 0 Å². The maximum atomic E-state index is 5.51. The molecule has 0 fully saturated rings. The molecule has 1 N–H and O–H groups in total. The predicted molar refractivity (Wildman–Crippen MR) is 63.5 cm³/mol. The third-order valence-corrected chi connectivity index (χ3v) is 2.99. The lowest BCUT2D eigenvalue weighted by molar-refractivity contribution is 0.121. The number of aromatic nitrogens is 2. The zero-order valence-corrected chi connectivity index (χ0v) is 10.2. The molecule has 2 heterocycles. The van der Waals surface area contributed by atoms with Crippen LogP contribution in [0.5, 0.6) is 0 Å². The van der Waals surface area contributed by atoms with Crippen LogP contribution in [0.1, 0.15) is 37.8 Å². The van der Waals surface area contributed by atoms with Crippen molar-refractivity contribution >= 4 is 0 Å². The van der Waals surface area contributed by atoms with Gasteiger partial charge in [-0.15, -0.1) is 0 Å². The molecule has 0 bridgehead atoms. The number of ether oxygens (including phenoxy) is 1. The third-order valence-electron chi connectivity index (χ3n) is 2.99. The van der Waals surface area contributed by atoms with E-state index in [2.05, 4.69) is 28.0 Å². The lowest BCUT2D eigenvalue weighted by atomic mass is 10.3. The van der Waals surface area contributed by atoms with E-state index in [1.54, 1.807) is 0 Å². The average molecular weight is 223 g/mol. The first-order valence-corrected chi connectivity index (χ1v) is 6.22. The summed E-state index contributed by atoms with van der Waals surface area (Å²) in [5.41, 5.74) is 1.18. The van der Waals surface area contributed by atoms with Gasteiger partial charge in [-0.25, -0.2) is 4.98 Å². The minimum absolute atomic E-state index is 0.253. The normalized spacial score (nSPS) is 20.5. The van der Waals surface area contributed by atoms with Crippen molar-refractivity contribution in [2.24, 2.45) is 0 Å². The standard InChI is InChI=1S/C12H21N3O/c1-3-10-8-15-7-5-6-13-11(9-16-4-2)12(15)14-10/h8,11,13H,3-7,9H2,1-2H3/t11-/m0/s1. The Balaban J connectivity index is 2.17. The van der Waals surface area contributed by atoms with E-state index >= 15 is 0 Å². The second kappa shape index (κ2) is 5.46. The number of aryl methyl sites for hydroxylation is 2. The predicted octanol–water partition coefficient (Wildman–Crippen LogP) is 1.52. The summed E-state index contributed by atoms with van der Waals surface area (Å²) in [6.07, 6.45) is 4.35. The van der Waals surface area contributed by atoms with Crippen LogP contribution in [0.2, 0.25) is 0 Å². The van der Waals surface area contributed by atoms with E-state index in [-0.39, 0.29) is 6.04 Å². The van der Waals surface area contributed by atoms with E-state index in [1.807, 2.05) is 6.92 Å². The molecule has 1 aliphatic rings. The summed E-state index contributed by atoms with van der Waals surface area (Å²) in [4.78, 5) is 4.68. The van der Waals surface area contributed by atoms with Crippen LogP contribution in [0.3, 0.4) is 0 Å². The van der Waals surface area contributed by atoms with Crippen molar-refractivity contribution in [3.63, 3.8) is 0 Å². The van der Waals surface area contributed by atoms with E-state index in [9.17, 15) is 0 Å². The van der Waals surface area contributed by atoms with Gasteiger partial charge in [0.2, 0.25) is 0 Å². The smallest absolute Gasteiger partial charge is 0.128 e. The molecular weight excluding hydrogens is 202 g/mol. The summed E-state index contributed by atoms with van der Waals surface area (Å²) >= 11 is 0.